The van der Waals surface area contributed by atoms with Gasteiger partial charge in [0.15, 0.2) is 0 Å². The number of methoxy groups -OCH3 is 2. The van der Waals surface area contributed by atoms with E-state index in [-0.39, 0.29) is 23.0 Å². The van der Waals surface area contributed by atoms with Crippen molar-refractivity contribution in [1.82, 2.24) is 10.2 Å². The number of nitrogens with zero attached hydrogens (tertiary/aromatic N) is 1. The summed E-state index contributed by atoms with van der Waals surface area (Å²) in [4.78, 5) is 15.3. The SMILES string of the molecule is COc1cccc(C23CCN(C)CC2(OC)CCC(NC(=O)CCCCCc2ccccc2)C3)c1. The van der Waals surface area contributed by atoms with E-state index in [0.29, 0.717) is 6.42 Å². The summed E-state index contributed by atoms with van der Waals surface area (Å²) < 4.78 is 11.9. The number of nitrogens with one attached hydrogen (secondary N) is 1. The topological polar surface area (TPSA) is 50.8 Å². The molecule has 5 nitrogen and oxygen atoms in total. The molecule has 1 amide bonds. The van der Waals surface area contributed by atoms with Gasteiger partial charge in [-0.15, -0.1) is 0 Å². The third kappa shape index (κ3) is 5.73. The van der Waals surface area contributed by atoms with Gasteiger partial charge in [0.1, 0.15) is 5.75 Å². The first-order valence-corrected chi connectivity index (χ1v) is 13.2. The van der Waals surface area contributed by atoms with E-state index < -0.39 is 0 Å². The number of benzene rings is 2. The lowest BCUT2D eigenvalue weighted by Crippen LogP contribution is -2.67. The van der Waals surface area contributed by atoms with Gasteiger partial charge in [-0.25, -0.2) is 0 Å². The van der Waals surface area contributed by atoms with Crippen molar-refractivity contribution >= 4 is 5.91 Å². The molecular weight excluding hydrogens is 436 g/mol. The van der Waals surface area contributed by atoms with Crippen molar-refractivity contribution < 1.29 is 14.3 Å². The highest BCUT2D eigenvalue weighted by molar-refractivity contribution is 5.76. The summed E-state index contributed by atoms with van der Waals surface area (Å²) in [6.45, 7) is 1.92. The molecular formula is C30H42N2O3. The molecule has 4 rings (SSSR count). The summed E-state index contributed by atoms with van der Waals surface area (Å²) in [7, 11) is 5.77. The van der Waals surface area contributed by atoms with Gasteiger partial charge in [-0.1, -0.05) is 48.9 Å². The second-order valence-electron chi connectivity index (χ2n) is 10.6. The van der Waals surface area contributed by atoms with Gasteiger partial charge < -0.3 is 19.7 Å². The van der Waals surface area contributed by atoms with Gasteiger partial charge in [0.25, 0.3) is 0 Å². The van der Waals surface area contributed by atoms with Gasteiger partial charge in [0.05, 0.1) is 12.7 Å². The third-order valence-electron chi connectivity index (χ3n) is 8.40. The molecule has 1 N–H and O–H groups in total. The quantitative estimate of drug-likeness (QED) is 0.481. The van der Waals surface area contributed by atoms with Crippen molar-refractivity contribution in [3.8, 4) is 5.75 Å². The number of amides is 1. The first-order valence-electron chi connectivity index (χ1n) is 13.2. The van der Waals surface area contributed by atoms with E-state index in [1.165, 1.54) is 11.1 Å². The van der Waals surface area contributed by atoms with Crippen LogP contribution in [0, 0.1) is 0 Å². The fourth-order valence-electron chi connectivity index (χ4n) is 6.48. The number of aryl methyl sites for hydroxylation is 1. The summed E-state index contributed by atoms with van der Waals surface area (Å²) in [6.07, 6.45) is 8.65. The molecule has 1 heterocycles. The second-order valence-corrected chi connectivity index (χ2v) is 10.6. The standard InChI is InChI=1S/C30H42N2O3/c1-32-20-19-29(25-14-10-15-27(21-25)34-2)22-26(17-18-30(29,23-32)35-3)31-28(33)16-9-5-8-13-24-11-6-4-7-12-24/h4,6-7,10-12,14-15,21,26H,5,8-9,13,16-20,22-23H2,1-3H3,(H,31,33). The highest BCUT2D eigenvalue weighted by atomic mass is 16.5. The van der Waals surface area contributed by atoms with Crippen molar-refractivity contribution in [3.05, 3.63) is 65.7 Å². The number of piperidine rings is 1. The van der Waals surface area contributed by atoms with Crippen LogP contribution in [-0.4, -0.2) is 56.8 Å². The number of ether oxygens (including phenoxy) is 2. The molecule has 3 atom stereocenters. The minimum atomic E-state index is -0.259. The number of carbonyl (C=O) groups excluding carboxylic acids is 1. The molecule has 0 aromatic heterocycles. The van der Waals surface area contributed by atoms with Crippen LogP contribution in [0.25, 0.3) is 0 Å². The number of carbonyl (C=O) groups is 1. The minimum Gasteiger partial charge on any atom is -0.497 e. The zero-order valence-electron chi connectivity index (χ0n) is 21.7. The number of likely N-dealkylation sites (N-methyl/N-ethyl adjacent to an activating group) is 1. The van der Waals surface area contributed by atoms with Crippen LogP contribution in [-0.2, 0) is 21.4 Å². The predicted octanol–water partition coefficient (Wildman–Crippen LogP) is 5.13. The first kappa shape index (κ1) is 25.7. The molecule has 0 bridgehead atoms. The van der Waals surface area contributed by atoms with E-state index in [0.717, 1.165) is 70.2 Å². The Balaban J connectivity index is 1.39. The number of rotatable bonds is 10. The Labute approximate surface area is 211 Å². The van der Waals surface area contributed by atoms with Gasteiger partial charge in [-0.3, -0.25) is 4.79 Å². The van der Waals surface area contributed by atoms with Crippen LogP contribution in [0.15, 0.2) is 54.6 Å². The van der Waals surface area contributed by atoms with Gasteiger partial charge in [-0.05, 0) is 81.8 Å². The van der Waals surface area contributed by atoms with Gasteiger partial charge >= 0.3 is 0 Å². The lowest BCUT2D eigenvalue weighted by atomic mass is 9.55. The molecule has 2 aromatic rings. The molecule has 2 fully saturated rings. The average Bonchev–Trinajstić information content (AvgIpc) is 2.89. The monoisotopic (exact) mass is 478 g/mol. The average molecular weight is 479 g/mol. The van der Waals surface area contributed by atoms with Crippen LogP contribution < -0.4 is 10.1 Å². The summed E-state index contributed by atoms with van der Waals surface area (Å²) >= 11 is 0. The molecule has 2 aromatic carbocycles. The molecule has 1 aliphatic carbocycles. The van der Waals surface area contributed by atoms with Crippen molar-refractivity contribution in [2.24, 2.45) is 0 Å². The Morgan fingerprint density at radius 2 is 1.89 bits per heavy atom. The maximum absolute atomic E-state index is 12.9. The van der Waals surface area contributed by atoms with E-state index >= 15 is 0 Å². The summed E-state index contributed by atoms with van der Waals surface area (Å²) in [6, 6.07) is 19.2. The molecule has 1 saturated carbocycles. The molecule has 1 aliphatic heterocycles. The molecule has 0 radical (unpaired) electrons. The highest BCUT2D eigenvalue weighted by Gasteiger charge is 2.58. The fourth-order valence-corrected chi connectivity index (χ4v) is 6.48. The van der Waals surface area contributed by atoms with E-state index in [4.69, 9.17) is 9.47 Å². The van der Waals surface area contributed by atoms with E-state index in [9.17, 15) is 4.79 Å². The Bertz CT molecular complexity index is 965. The molecule has 1 saturated heterocycles. The van der Waals surface area contributed by atoms with E-state index in [1.54, 1.807) is 7.11 Å². The van der Waals surface area contributed by atoms with Crippen LogP contribution in [0.5, 0.6) is 5.75 Å². The minimum absolute atomic E-state index is 0.144. The van der Waals surface area contributed by atoms with Crippen LogP contribution in [0.3, 0.4) is 0 Å². The third-order valence-corrected chi connectivity index (χ3v) is 8.40. The fraction of sp³-hybridized carbons (Fsp3) is 0.567. The maximum atomic E-state index is 12.9. The normalized spacial score (nSPS) is 26.7. The highest BCUT2D eigenvalue weighted by Crippen LogP contribution is 2.53. The number of hydrogen-bond donors (Lipinski definition) is 1. The smallest absolute Gasteiger partial charge is 0.220 e. The van der Waals surface area contributed by atoms with Gasteiger partial charge in [-0.2, -0.15) is 0 Å². The Kier molecular flexibility index (Phi) is 8.51. The number of likely N-dealkylation sites (tertiary alicyclic amines) is 1. The van der Waals surface area contributed by atoms with Crippen molar-refractivity contribution in [2.75, 3.05) is 34.4 Å². The largest absolute Gasteiger partial charge is 0.497 e. The van der Waals surface area contributed by atoms with E-state index in [2.05, 4.69) is 65.8 Å². The Hall–Kier alpha value is -2.37. The second kappa shape index (κ2) is 11.6. The molecule has 2 aliphatic rings. The lowest BCUT2D eigenvalue weighted by molar-refractivity contribution is -0.147. The Morgan fingerprint density at radius 3 is 2.66 bits per heavy atom. The van der Waals surface area contributed by atoms with Gasteiger partial charge in [0, 0.05) is 31.5 Å². The van der Waals surface area contributed by atoms with Crippen LogP contribution in [0.1, 0.15) is 62.5 Å². The van der Waals surface area contributed by atoms with Crippen LogP contribution in [0.2, 0.25) is 0 Å². The van der Waals surface area contributed by atoms with Crippen LogP contribution >= 0.6 is 0 Å². The number of hydrogen-bond acceptors (Lipinski definition) is 4. The molecule has 35 heavy (non-hydrogen) atoms. The Morgan fingerprint density at radius 1 is 1.06 bits per heavy atom. The van der Waals surface area contributed by atoms with Crippen molar-refractivity contribution in [2.45, 2.75) is 74.8 Å². The van der Waals surface area contributed by atoms with Crippen molar-refractivity contribution in [3.63, 3.8) is 0 Å². The lowest BCUT2D eigenvalue weighted by Gasteiger charge is -2.59. The predicted molar refractivity (Wildman–Crippen MR) is 141 cm³/mol. The van der Waals surface area contributed by atoms with E-state index in [1.807, 2.05) is 13.2 Å². The molecule has 5 heteroatoms. The summed E-state index contributed by atoms with van der Waals surface area (Å²) in [5, 5.41) is 3.40. The first-order chi connectivity index (χ1) is 17.0. The summed E-state index contributed by atoms with van der Waals surface area (Å²) in [5.74, 6) is 1.07. The number of fused-ring (bicyclic) bond motifs is 1. The number of unbranched alkanes of at least 4 members (excludes halogenated alkanes) is 2. The van der Waals surface area contributed by atoms with Gasteiger partial charge in [0.2, 0.25) is 5.91 Å². The summed E-state index contributed by atoms with van der Waals surface area (Å²) in [5.41, 5.74) is 2.24. The van der Waals surface area contributed by atoms with Crippen LogP contribution in [0.4, 0.5) is 0 Å². The zero-order valence-corrected chi connectivity index (χ0v) is 21.7. The zero-order chi connectivity index (χ0) is 24.7. The maximum Gasteiger partial charge on any atom is 0.220 e. The van der Waals surface area contributed by atoms with Crippen molar-refractivity contribution in [1.29, 1.82) is 0 Å². The molecule has 3 unspecified atom stereocenters. The molecule has 190 valence electrons. The molecule has 0 spiro atoms.